The highest BCUT2D eigenvalue weighted by molar-refractivity contribution is 5.91. The smallest absolute Gasteiger partial charge is 0.244 e. The predicted molar refractivity (Wildman–Crippen MR) is 88.2 cm³/mol. The third-order valence-electron chi connectivity index (χ3n) is 3.10. The van der Waals surface area contributed by atoms with Gasteiger partial charge in [-0.2, -0.15) is 0 Å². The molecule has 0 bridgehead atoms. The summed E-state index contributed by atoms with van der Waals surface area (Å²) in [5, 5.41) is 12.4. The molecule has 1 unspecified atom stereocenters. The zero-order valence-electron chi connectivity index (χ0n) is 13.3. The average Bonchev–Trinajstić information content (AvgIpc) is 2.94. The molecule has 0 saturated heterocycles. The van der Waals surface area contributed by atoms with Gasteiger partial charge in [0.1, 0.15) is 30.0 Å². The molecular formula is C18H21NO4. The lowest BCUT2D eigenvalue weighted by Crippen LogP contribution is -2.34. The van der Waals surface area contributed by atoms with E-state index in [1.807, 2.05) is 44.2 Å². The van der Waals surface area contributed by atoms with Crippen LogP contribution in [0.1, 0.15) is 17.1 Å². The van der Waals surface area contributed by atoms with Gasteiger partial charge in [-0.25, -0.2) is 0 Å². The average molecular weight is 315 g/mol. The molecule has 0 fully saturated rings. The van der Waals surface area contributed by atoms with E-state index in [0.717, 1.165) is 11.3 Å². The first kappa shape index (κ1) is 16.8. The molecule has 23 heavy (non-hydrogen) atoms. The van der Waals surface area contributed by atoms with Crippen LogP contribution in [0, 0.1) is 13.8 Å². The van der Waals surface area contributed by atoms with E-state index in [1.165, 1.54) is 6.08 Å². The summed E-state index contributed by atoms with van der Waals surface area (Å²) in [6, 6.07) is 11.2. The Labute approximate surface area is 135 Å². The van der Waals surface area contributed by atoms with E-state index in [1.54, 1.807) is 12.1 Å². The monoisotopic (exact) mass is 315 g/mol. The fourth-order valence-electron chi connectivity index (χ4n) is 1.93. The van der Waals surface area contributed by atoms with Crippen LogP contribution in [0.4, 0.5) is 0 Å². The number of ether oxygens (including phenoxy) is 1. The lowest BCUT2D eigenvalue weighted by atomic mass is 10.2. The van der Waals surface area contributed by atoms with E-state index in [4.69, 9.17) is 9.15 Å². The number of benzene rings is 1. The number of hydrogen-bond donors (Lipinski definition) is 2. The van der Waals surface area contributed by atoms with Crippen LogP contribution in [0.3, 0.4) is 0 Å². The highest BCUT2D eigenvalue weighted by Gasteiger charge is 2.07. The van der Waals surface area contributed by atoms with Gasteiger partial charge in [-0.05, 0) is 49.8 Å². The van der Waals surface area contributed by atoms with Crippen LogP contribution >= 0.6 is 0 Å². The molecule has 0 radical (unpaired) electrons. The molecule has 122 valence electrons. The molecule has 2 rings (SSSR count). The Balaban J connectivity index is 1.70. The quantitative estimate of drug-likeness (QED) is 0.770. The molecule has 0 saturated carbocycles. The van der Waals surface area contributed by atoms with Crippen LogP contribution in [0.25, 0.3) is 6.08 Å². The van der Waals surface area contributed by atoms with Crippen LogP contribution in [0.5, 0.6) is 5.75 Å². The van der Waals surface area contributed by atoms with Gasteiger partial charge >= 0.3 is 0 Å². The van der Waals surface area contributed by atoms with Crippen LogP contribution in [-0.2, 0) is 4.79 Å². The van der Waals surface area contributed by atoms with E-state index in [2.05, 4.69) is 5.32 Å². The predicted octanol–water partition coefficient (Wildman–Crippen LogP) is 2.47. The number of hydrogen-bond acceptors (Lipinski definition) is 4. The fraction of sp³-hybridized carbons (Fsp3) is 0.278. The fourth-order valence-corrected chi connectivity index (χ4v) is 1.93. The van der Waals surface area contributed by atoms with Crippen molar-refractivity contribution in [1.29, 1.82) is 0 Å². The topological polar surface area (TPSA) is 71.7 Å². The lowest BCUT2D eigenvalue weighted by molar-refractivity contribution is -0.117. The minimum Gasteiger partial charge on any atom is -0.491 e. The van der Waals surface area contributed by atoms with Crippen molar-refractivity contribution in [2.24, 2.45) is 0 Å². The molecule has 2 aromatic rings. The molecule has 1 amide bonds. The SMILES string of the molecule is Cc1cccc(OCC(O)CNC(=O)/C=C/c2ccc(C)o2)c1. The number of carbonyl (C=O) groups excluding carboxylic acids is 1. The summed E-state index contributed by atoms with van der Waals surface area (Å²) in [7, 11) is 0. The number of aliphatic hydroxyl groups excluding tert-OH is 1. The second-order valence-electron chi connectivity index (χ2n) is 5.31. The summed E-state index contributed by atoms with van der Waals surface area (Å²) in [5.41, 5.74) is 1.09. The maximum atomic E-state index is 11.7. The van der Waals surface area contributed by atoms with Crippen molar-refractivity contribution in [3.05, 3.63) is 59.6 Å². The van der Waals surface area contributed by atoms with Crippen molar-refractivity contribution in [1.82, 2.24) is 5.32 Å². The van der Waals surface area contributed by atoms with Gasteiger partial charge in [0.15, 0.2) is 0 Å². The molecule has 1 atom stereocenters. The van der Waals surface area contributed by atoms with Crippen molar-refractivity contribution in [2.75, 3.05) is 13.2 Å². The summed E-state index contributed by atoms with van der Waals surface area (Å²) < 4.78 is 10.8. The Morgan fingerprint density at radius 1 is 1.35 bits per heavy atom. The molecule has 0 aliphatic heterocycles. The molecular weight excluding hydrogens is 294 g/mol. The van der Waals surface area contributed by atoms with Gasteiger partial charge in [0.25, 0.3) is 0 Å². The van der Waals surface area contributed by atoms with Gasteiger partial charge in [0, 0.05) is 12.6 Å². The van der Waals surface area contributed by atoms with E-state index in [9.17, 15) is 9.90 Å². The largest absolute Gasteiger partial charge is 0.491 e. The minimum absolute atomic E-state index is 0.116. The van der Waals surface area contributed by atoms with Gasteiger partial charge in [-0.15, -0.1) is 0 Å². The van der Waals surface area contributed by atoms with Crippen molar-refractivity contribution < 1.29 is 19.1 Å². The number of furan rings is 1. The highest BCUT2D eigenvalue weighted by Crippen LogP contribution is 2.12. The molecule has 1 heterocycles. The normalized spacial score (nSPS) is 12.3. The second kappa shape index (κ2) is 8.19. The van der Waals surface area contributed by atoms with Gasteiger partial charge < -0.3 is 19.6 Å². The Hall–Kier alpha value is -2.53. The number of amides is 1. The molecule has 0 aliphatic rings. The molecule has 1 aromatic carbocycles. The minimum atomic E-state index is -0.779. The molecule has 0 aliphatic carbocycles. The van der Waals surface area contributed by atoms with Gasteiger partial charge in [-0.1, -0.05) is 12.1 Å². The van der Waals surface area contributed by atoms with E-state index < -0.39 is 6.10 Å². The van der Waals surface area contributed by atoms with Crippen molar-refractivity contribution in [2.45, 2.75) is 20.0 Å². The van der Waals surface area contributed by atoms with Crippen LogP contribution in [0.2, 0.25) is 0 Å². The molecule has 0 spiro atoms. The summed E-state index contributed by atoms with van der Waals surface area (Å²) in [6.45, 7) is 4.04. The van der Waals surface area contributed by atoms with Crippen LogP contribution in [-0.4, -0.2) is 30.3 Å². The molecule has 5 heteroatoms. The van der Waals surface area contributed by atoms with Gasteiger partial charge in [-0.3, -0.25) is 4.79 Å². The Kier molecular flexibility index (Phi) is 6.00. The molecule has 1 aromatic heterocycles. The number of carbonyl (C=O) groups is 1. The number of aryl methyl sites for hydroxylation is 2. The summed E-state index contributed by atoms with van der Waals surface area (Å²) in [5.74, 6) is 1.80. The van der Waals surface area contributed by atoms with E-state index >= 15 is 0 Å². The van der Waals surface area contributed by atoms with Gasteiger partial charge in [0.05, 0.1) is 0 Å². The Bertz CT molecular complexity index is 675. The third kappa shape index (κ3) is 6.00. The number of aliphatic hydroxyl groups is 1. The Morgan fingerprint density at radius 2 is 2.17 bits per heavy atom. The number of nitrogens with one attached hydrogen (secondary N) is 1. The maximum Gasteiger partial charge on any atom is 0.244 e. The van der Waals surface area contributed by atoms with Crippen LogP contribution in [0.15, 0.2) is 46.9 Å². The third-order valence-corrected chi connectivity index (χ3v) is 3.10. The Morgan fingerprint density at radius 3 is 2.87 bits per heavy atom. The zero-order chi connectivity index (χ0) is 16.7. The van der Waals surface area contributed by atoms with Crippen LogP contribution < -0.4 is 10.1 Å². The van der Waals surface area contributed by atoms with Crippen molar-refractivity contribution >= 4 is 12.0 Å². The van der Waals surface area contributed by atoms with E-state index in [-0.39, 0.29) is 19.1 Å². The maximum absolute atomic E-state index is 11.7. The summed E-state index contributed by atoms with van der Waals surface area (Å²) in [4.78, 5) is 11.7. The van der Waals surface area contributed by atoms with Crippen molar-refractivity contribution in [3.63, 3.8) is 0 Å². The second-order valence-corrected chi connectivity index (χ2v) is 5.31. The van der Waals surface area contributed by atoms with Crippen molar-refractivity contribution in [3.8, 4) is 5.75 Å². The first-order chi connectivity index (χ1) is 11.0. The number of rotatable bonds is 7. The molecule has 5 nitrogen and oxygen atoms in total. The highest BCUT2D eigenvalue weighted by atomic mass is 16.5. The van der Waals surface area contributed by atoms with E-state index in [0.29, 0.717) is 11.5 Å². The zero-order valence-corrected chi connectivity index (χ0v) is 13.3. The lowest BCUT2D eigenvalue weighted by Gasteiger charge is -2.12. The summed E-state index contributed by atoms with van der Waals surface area (Å²) in [6.07, 6.45) is 2.17. The first-order valence-corrected chi connectivity index (χ1v) is 7.43. The molecule has 2 N–H and O–H groups in total. The van der Waals surface area contributed by atoms with Gasteiger partial charge in [0.2, 0.25) is 5.91 Å². The standard InChI is InChI=1S/C18H21NO4/c1-13-4-3-5-17(10-13)22-12-15(20)11-19-18(21)9-8-16-7-6-14(2)23-16/h3-10,15,20H,11-12H2,1-2H3,(H,19,21)/b9-8+. The first-order valence-electron chi connectivity index (χ1n) is 7.43. The summed E-state index contributed by atoms with van der Waals surface area (Å²) >= 11 is 0.